The Kier molecular flexibility index (Phi) is 7.15. The van der Waals surface area contributed by atoms with Crippen molar-refractivity contribution >= 4 is 59.6 Å². The normalized spacial score (nSPS) is 26.4. The third-order valence-corrected chi connectivity index (χ3v) is 13.5. The molecule has 3 amide bonds. The molecule has 0 saturated carbocycles. The van der Waals surface area contributed by atoms with Crippen molar-refractivity contribution in [2.45, 2.75) is 62.6 Å². The van der Waals surface area contributed by atoms with Gasteiger partial charge in [-0.2, -0.15) is 0 Å². The Balaban J connectivity index is 1.27. The first kappa shape index (κ1) is 30.9. The number of likely N-dealkylation sites (tertiary alicyclic amines) is 1. The Bertz CT molecular complexity index is 1970. The van der Waals surface area contributed by atoms with Crippen LogP contribution in [0.25, 0.3) is 10.8 Å². The predicted molar refractivity (Wildman–Crippen MR) is 186 cm³/mol. The molecule has 4 aliphatic heterocycles. The van der Waals surface area contributed by atoms with E-state index in [9.17, 15) is 19.5 Å². The van der Waals surface area contributed by atoms with Gasteiger partial charge in [-0.25, -0.2) is 0 Å². The number of rotatable bonds is 6. The summed E-state index contributed by atoms with van der Waals surface area (Å²) < 4.78 is 6.98. The molecule has 246 valence electrons. The van der Waals surface area contributed by atoms with Crippen molar-refractivity contribution in [3.05, 3.63) is 96.1 Å². The van der Waals surface area contributed by atoms with E-state index in [1.807, 2.05) is 105 Å². The summed E-state index contributed by atoms with van der Waals surface area (Å²) in [6, 6.07) is 26.4. The number of ether oxygens (including phenoxy) is 1. The molecule has 48 heavy (non-hydrogen) atoms. The van der Waals surface area contributed by atoms with Crippen LogP contribution in [0.1, 0.15) is 42.1 Å². The molecule has 8 rings (SSSR count). The lowest BCUT2D eigenvalue weighted by Gasteiger charge is -2.33. The summed E-state index contributed by atoms with van der Waals surface area (Å²) in [6.45, 7) is 6.09. The highest BCUT2D eigenvalue weighted by Crippen LogP contribution is 2.61. The zero-order valence-electron chi connectivity index (χ0n) is 27.3. The van der Waals surface area contributed by atoms with Gasteiger partial charge in [-0.15, -0.1) is 0 Å². The van der Waals surface area contributed by atoms with E-state index in [1.165, 1.54) is 0 Å². The van der Waals surface area contributed by atoms with Crippen molar-refractivity contribution in [3.8, 4) is 0 Å². The first-order valence-corrected chi connectivity index (χ1v) is 19.8. The highest BCUT2D eigenvalue weighted by Gasteiger charge is 2.67. The van der Waals surface area contributed by atoms with Crippen LogP contribution in [0.5, 0.6) is 0 Å². The predicted octanol–water partition coefficient (Wildman–Crippen LogP) is 5.98. The van der Waals surface area contributed by atoms with Crippen LogP contribution in [0.4, 0.5) is 22.7 Å². The van der Waals surface area contributed by atoms with Crippen LogP contribution in [0.15, 0.2) is 84.9 Å². The van der Waals surface area contributed by atoms with Crippen molar-refractivity contribution in [3.63, 3.8) is 0 Å². The number of hydrogen-bond donors (Lipinski definition) is 2. The Morgan fingerprint density at radius 3 is 2.42 bits per heavy atom. The summed E-state index contributed by atoms with van der Waals surface area (Å²) in [5, 5.41) is 11.8. The van der Waals surface area contributed by atoms with Gasteiger partial charge in [-0.3, -0.25) is 24.2 Å². The van der Waals surface area contributed by atoms with Crippen LogP contribution in [-0.4, -0.2) is 66.1 Å². The molecule has 0 aromatic heterocycles. The van der Waals surface area contributed by atoms with Crippen molar-refractivity contribution < 1.29 is 29.0 Å². The molecular formula is C38H39N3O6Si. The van der Waals surface area contributed by atoms with E-state index in [0.29, 0.717) is 34.7 Å². The number of hydrogen-bond acceptors (Lipinski definition) is 6. The van der Waals surface area contributed by atoms with Gasteiger partial charge in [0.05, 0.1) is 42.1 Å². The minimum atomic E-state index is -3.03. The van der Waals surface area contributed by atoms with Crippen molar-refractivity contribution in [1.29, 1.82) is 0 Å². The molecule has 0 radical (unpaired) electrons. The fraction of sp³-hybridized carbons (Fsp3) is 0.342. The van der Waals surface area contributed by atoms with E-state index in [-0.39, 0.29) is 36.8 Å². The maximum Gasteiger partial charge on any atom is 0.268 e. The lowest BCUT2D eigenvalue weighted by atomic mass is 9.82. The fourth-order valence-corrected chi connectivity index (χ4v) is 11.5. The van der Waals surface area contributed by atoms with Crippen molar-refractivity contribution in [2.75, 3.05) is 23.0 Å². The SMILES string of the molecule is C[C@H]1[C@H]([Si](C)(C)O)[C@@H](CC(=O)N2CCC[C@H]2CO)O[C@]12C(=O)N(c1ccccc1)c1ccc(N3C(=O)c4cccc5cccc3c45)cc12. The highest BCUT2D eigenvalue weighted by molar-refractivity contribution is 6.71. The minimum Gasteiger partial charge on any atom is -0.432 e. The van der Waals surface area contributed by atoms with Crippen molar-refractivity contribution in [2.24, 2.45) is 5.92 Å². The van der Waals surface area contributed by atoms with E-state index in [1.54, 1.807) is 14.7 Å². The van der Waals surface area contributed by atoms with Crippen LogP contribution in [0.2, 0.25) is 18.6 Å². The number of anilines is 4. The highest BCUT2D eigenvalue weighted by atomic mass is 28.4. The van der Waals surface area contributed by atoms with Gasteiger partial charge in [0.2, 0.25) is 5.91 Å². The lowest BCUT2D eigenvalue weighted by Crippen LogP contribution is -2.45. The molecular weight excluding hydrogens is 623 g/mol. The van der Waals surface area contributed by atoms with Crippen LogP contribution < -0.4 is 9.80 Å². The minimum absolute atomic E-state index is 0.000193. The largest absolute Gasteiger partial charge is 0.432 e. The Labute approximate surface area is 280 Å². The zero-order chi connectivity index (χ0) is 33.5. The van der Waals surface area contributed by atoms with Gasteiger partial charge < -0.3 is 19.5 Å². The average molecular weight is 662 g/mol. The van der Waals surface area contributed by atoms with Gasteiger partial charge in [-0.1, -0.05) is 49.4 Å². The maximum absolute atomic E-state index is 15.0. The standard InChI is InChI=1S/C38H39N3O6Si/c1-23-35(48(2,3)46)32(21-33(43)39-19-9-14-27(39)22-42)47-38(23)29-20-26(17-18-30(29)41(37(38)45)25-12-5-4-6-13-25)40-31-16-8-11-24-10-7-15-28(34(24)31)36(40)44/h4-8,10-13,15-18,20,23,27,32,35,42,46H,9,14,19,21-22H2,1-3H3/t23-,27-,32+,35-,38+/m0/s1. The molecule has 9 nitrogen and oxygen atoms in total. The van der Waals surface area contributed by atoms with Crippen LogP contribution in [-0.2, 0) is 19.9 Å². The zero-order valence-corrected chi connectivity index (χ0v) is 28.3. The van der Waals surface area contributed by atoms with Gasteiger partial charge in [0.25, 0.3) is 11.8 Å². The number of carbonyl (C=O) groups is 3. The number of benzene rings is 4. The summed E-state index contributed by atoms with van der Waals surface area (Å²) >= 11 is 0. The van der Waals surface area contributed by atoms with Crippen LogP contribution in [0, 0.1) is 5.92 Å². The molecule has 0 bridgehead atoms. The third-order valence-electron chi connectivity index (χ3n) is 11.0. The van der Waals surface area contributed by atoms with Crippen LogP contribution >= 0.6 is 0 Å². The summed E-state index contributed by atoms with van der Waals surface area (Å²) in [5.41, 5.74) is 2.00. The number of carbonyl (C=O) groups excluding carboxylic acids is 3. The van der Waals surface area contributed by atoms with E-state index in [2.05, 4.69) is 0 Å². The Morgan fingerprint density at radius 1 is 0.938 bits per heavy atom. The van der Waals surface area contributed by atoms with Crippen LogP contribution in [0.3, 0.4) is 0 Å². The second kappa shape index (κ2) is 11.1. The second-order valence-corrected chi connectivity index (χ2v) is 18.1. The molecule has 2 fully saturated rings. The second-order valence-electron chi connectivity index (χ2n) is 14.1. The molecule has 10 heteroatoms. The number of aliphatic hydroxyl groups is 1. The quantitative estimate of drug-likeness (QED) is 0.246. The molecule has 4 aromatic rings. The van der Waals surface area contributed by atoms with Crippen molar-refractivity contribution in [1.82, 2.24) is 4.90 Å². The molecule has 4 aromatic carbocycles. The molecule has 5 atom stereocenters. The monoisotopic (exact) mass is 661 g/mol. The number of aliphatic hydroxyl groups excluding tert-OH is 1. The molecule has 4 heterocycles. The first-order chi connectivity index (χ1) is 23.1. The van der Waals surface area contributed by atoms with E-state index < -0.39 is 31.5 Å². The first-order valence-electron chi connectivity index (χ1n) is 16.8. The summed E-state index contributed by atoms with van der Waals surface area (Å²) in [7, 11) is -3.03. The Morgan fingerprint density at radius 2 is 1.69 bits per heavy atom. The Hall–Kier alpha value is -4.35. The number of fused-ring (bicyclic) bond motifs is 2. The third kappa shape index (κ3) is 4.36. The summed E-state index contributed by atoms with van der Waals surface area (Å²) in [6.07, 6.45) is 0.840. The van der Waals surface area contributed by atoms with Gasteiger partial charge >= 0.3 is 0 Å². The van der Waals surface area contributed by atoms with E-state index >= 15 is 4.79 Å². The molecule has 2 saturated heterocycles. The van der Waals surface area contributed by atoms with E-state index in [0.717, 1.165) is 29.3 Å². The molecule has 0 unspecified atom stereocenters. The van der Waals surface area contributed by atoms with Gasteiger partial charge in [0.15, 0.2) is 13.9 Å². The van der Waals surface area contributed by atoms with Gasteiger partial charge in [0, 0.05) is 40.3 Å². The smallest absolute Gasteiger partial charge is 0.268 e. The fourth-order valence-electron chi connectivity index (χ4n) is 8.98. The molecule has 4 aliphatic rings. The van der Waals surface area contributed by atoms with Gasteiger partial charge in [-0.05, 0) is 73.8 Å². The number of amides is 3. The maximum atomic E-state index is 15.0. The molecule has 1 spiro atoms. The average Bonchev–Trinajstić information content (AvgIpc) is 3.80. The summed E-state index contributed by atoms with van der Waals surface area (Å²) in [4.78, 5) is 59.6. The number of nitrogens with zero attached hydrogens (tertiary/aromatic N) is 3. The summed E-state index contributed by atoms with van der Waals surface area (Å²) in [5.74, 6) is -1.05. The molecule has 0 aliphatic carbocycles. The van der Waals surface area contributed by atoms with Gasteiger partial charge in [0.1, 0.15) is 0 Å². The lowest BCUT2D eigenvalue weighted by molar-refractivity contribution is -0.149. The molecule has 2 N–H and O–H groups in total. The van der Waals surface area contributed by atoms with E-state index in [4.69, 9.17) is 4.74 Å². The number of para-hydroxylation sites is 1. The topological polar surface area (TPSA) is 111 Å².